The van der Waals surface area contributed by atoms with Crippen molar-refractivity contribution in [1.29, 1.82) is 0 Å². The van der Waals surface area contributed by atoms with Gasteiger partial charge in [-0.05, 0) is 0 Å². The SMILES string of the molecule is CC(C)[O][Sn]=[O]. The quantitative estimate of drug-likeness (QED) is 0.593. The second-order valence-electron chi connectivity index (χ2n) is 1.25. The predicted molar refractivity (Wildman–Crippen MR) is 22.7 cm³/mol. The molecule has 35 valence electrons. The standard InChI is InChI=1S/C3H7O.O.Sn/c1-3(2)4;;/h3H,1-2H3;;/q-1;;+1. The van der Waals surface area contributed by atoms with E-state index < -0.39 is 21.5 Å². The third kappa shape index (κ3) is 4.56. The van der Waals surface area contributed by atoms with Crippen molar-refractivity contribution in [1.82, 2.24) is 0 Å². The Labute approximate surface area is 48.0 Å². The van der Waals surface area contributed by atoms with Gasteiger partial charge in [0.05, 0.1) is 0 Å². The van der Waals surface area contributed by atoms with E-state index in [1.165, 1.54) is 0 Å². The van der Waals surface area contributed by atoms with Crippen molar-refractivity contribution >= 4 is 21.5 Å². The van der Waals surface area contributed by atoms with E-state index in [0.717, 1.165) is 0 Å². The summed E-state index contributed by atoms with van der Waals surface area (Å²) >= 11 is -1.60. The zero-order valence-corrected chi connectivity index (χ0v) is 6.75. The molecule has 0 saturated heterocycles. The third-order valence-electron chi connectivity index (χ3n) is 0.284. The van der Waals surface area contributed by atoms with Gasteiger partial charge >= 0.3 is 47.6 Å². The second-order valence-corrected chi connectivity index (χ2v) is 2.40. The molecule has 0 rings (SSSR count). The van der Waals surface area contributed by atoms with Crippen LogP contribution in [-0.4, -0.2) is 27.6 Å². The summed E-state index contributed by atoms with van der Waals surface area (Å²) in [5, 5.41) is 0. The van der Waals surface area contributed by atoms with Gasteiger partial charge in [-0.1, -0.05) is 0 Å². The van der Waals surface area contributed by atoms with E-state index in [9.17, 15) is 3.08 Å². The van der Waals surface area contributed by atoms with Gasteiger partial charge in [0, 0.05) is 0 Å². The first kappa shape index (κ1) is 6.56. The van der Waals surface area contributed by atoms with Gasteiger partial charge in [-0.15, -0.1) is 0 Å². The van der Waals surface area contributed by atoms with E-state index in [4.69, 9.17) is 0 Å². The Bertz CT molecular complexity index is 44.1. The maximum absolute atomic E-state index is 9.69. The van der Waals surface area contributed by atoms with Crippen LogP contribution in [0.1, 0.15) is 13.8 Å². The first-order valence-electron chi connectivity index (χ1n) is 1.80. The van der Waals surface area contributed by atoms with Gasteiger partial charge in [0.1, 0.15) is 0 Å². The monoisotopic (exact) mass is 195 g/mol. The molecule has 0 bridgehead atoms. The van der Waals surface area contributed by atoms with Crippen molar-refractivity contribution in [3.8, 4) is 0 Å². The summed E-state index contributed by atoms with van der Waals surface area (Å²) < 4.78 is 14.3. The van der Waals surface area contributed by atoms with E-state index in [1.807, 2.05) is 13.8 Å². The topological polar surface area (TPSA) is 26.3 Å². The van der Waals surface area contributed by atoms with Crippen molar-refractivity contribution in [2.24, 2.45) is 0 Å². The average molecular weight is 194 g/mol. The molecule has 0 aromatic rings. The molecule has 0 unspecified atom stereocenters. The Kier molecular flexibility index (Phi) is 4.09. The second kappa shape index (κ2) is 3.74. The maximum atomic E-state index is 9.69. The van der Waals surface area contributed by atoms with Crippen molar-refractivity contribution in [2.45, 2.75) is 20.0 Å². The van der Waals surface area contributed by atoms with Crippen molar-refractivity contribution in [2.75, 3.05) is 0 Å². The molecule has 0 aliphatic rings. The van der Waals surface area contributed by atoms with Gasteiger partial charge in [0.2, 0.25) is 0 Å². The van der Waals surface area contributed by atoms with Crippen molar-refractivity contribution in [3.63, 3.8) is 0 Å². The summed E-state index contributed by atoms with van der Waals surface area (Å²) in [5.74, 6) is 0. The molecular weight excluding hydrogens is 187 g/mol. The molecule has 0 aliphatic heterocycles. The molecule has 0 aliphatic carbocycles. The third-order valence-corrected chi connectivity index (χ3v) is 1.90. The molecule has 0 aromatic heterocycles. The first-order chi connectivity index (χ1) is 2.77. The normalized spacial score (nSPS) is 9.17. The van der Waals surface area contributed by atoms with Crippen LogP contribution in [0, 0.1) is 0 Å². The van der Waals surface area contributed by atoms with Crippen LogP contribution in [0.3, 0.4) is 0 Å². The summed E-state index contributed by atoms with van der Waals surface area (Å²) in [6.45, 7) is 3.75. The van der Waals surface area contributed by atoms with Gasteiger partial charge in [0.15, 0.2) is 0 Å². The van der Waals surface area contributed by atoms with Gasteiger partial charge in [0.25, 0.3) is 0 Å². The molecule has 0 spiro atoms. The minimum absolute atomic E-state index is 0.161. The summed E-state index contributed by atoms with van der Waals surface area (Å²) in [7, 11) is 0. The molecule has 2 nitrogen and oxygen atoms in total. The van der Waals surface area contributed by atoms with Crippen LogP contribution in [0.4, 0.5) is 0 Å². The van der Waals surface area contributed by atoms with E-state index in [-0.39, 0.29) is 6.10 Å². The molecule has 3 heteroatoms. The molecule has 0 atom stereocenters. The van der Waals surface area contributed by atoms with Crippen molar-refractivity contribution in [3.05, 3.63) is 0 Å². The summed E-state index contributed by atoms with van der Waals surface area (Å²) in [6.07, 6.45) is 0.161. The van der Waals surface area contributed by atoms with Gasteiger partial charge in [-0.2, -0.15) is 0 Å². The van der Waals surface area contributed by atoms with Gasteiger partial charge < -0.3 is 0 Å². The van der Waals surface area contributed by atoms with Crippen LogP contribution >= 0.6 is 0 Å². The summed E-state index contributed by atoms with van der Waals surface area (Å²) in [5.41, 5.74) is 0. The minimum atomic E-state index is -1.60. The molecule has 0 heterocycles. The average Bonchev–Trinajstić information content (AvgIpc) is 1.35. The Morgan fingerprint density at radius 2 is 2.17 bits per heavy atom. The predicted octanol–water partition coefficient (Wildman–Crippen LogP) is 0.376. The Balaban J connectivity index is 2.81. The molecule has 0 saturated carbocycles. The van der Waals surface area contributed by atoms with Crippen LogP contribution in [0.25, 0.3) is 0 Å². The van der Waals surface area contributed by atoms with Crippen LogP contribution in [0.15, 0.2) is 0 Å². The van der Waals surface area contributed by atoms with E-state index in [2.05, 4.69) is 3.07 Å². The van der Waals surface area contributed by atoms with Crippen molar-refractivity contribution < 1.29 is 6.15 Å². The van der Waals surface area contributed by atoms with Crippen LogP contribution < -0.4 is 0 Å². The molecule has 6 heavy (non-hydrogen) atoms. The van der Waals surface area contributed by atoms with Gasteiger partial charge in [-0.25, -0.2) is 0 Å². The Morgan fingerprint density at radius 3 is 2.17 bits per heavy atom. The van der Waals surface area contributed by atoms with Crippen LogP contribution in [0.5, 0.6) is 0 Å². The van der Waals surface area contributed by atoms with Crippen LogP contribution in [0.2, 0.25) is 0 Å². The van der Waals surface area contributed by atoms with Crippen LogP contribution in [-0.2, 0) is 6.15 Å². The first-order valence-corrected chi connectivity index (χ1v) is 4.13. The molecule has 0 N–H and O–H groups in total. The molecule has 0 amide bonds. The fourth-order valence-corrected chi connectivity index (χ4v) is 0.645. The zero-order valence-electron chi connectivity index (χ0n) is 3.89. The van der Waals surface area contributed by atoms with E-state index in [1.54, 1.807) is 0 Å². The summed E-state index contributed by atoms with van der Waals surface area (Å²) in [6, 6.07) is 0. The van der Waals surface area contributed by atoms with Gasteiger partial charge in [-0.3, -0.25) is 0 Å². The number of rotatable bonds is 2. The Hall–Kier alpha value is 0.559. The number of hydrogen-bond acceptors (Lipinski definition) is 2. The van der Waals surface area contributed by atoms with E-state index >= 15 is 0 Å². The fraction of sp³-hybridized carbons (Fsp3) is 1.00. The molecule has 1 radical (unpaired) electrons. The molecule has 0 fully saturated rings. The molecular formula is C3H7O2Sn. The zero-order chi connectivity index (χ0) is 4.99. The van der Waals surface area contributed by atoms with E-state index in [0.29, 0.717) is 0 Å². The molecule has 0 aromatic carbocycles. The fourth-order valence-electron chi connectivity index (χ4n) is 0.0962. The Morgan fingerprint density at radius 1 is 1.67 bits per heavy atom. The summed E-state index contributed by atoms with van der Waals surface area (Å²) in [4.78, 5) is 0. The number of hydrogen-bond donors (Lipinski definition) is 0.